The third-order valence-corrected chi connectivity index (χ3v) is 6.32. The van der Waals surface area contributed by atoms with E-state index in [1.807, 2.05) is 0 Å². The standard InChI is InChI=1S/C19H35N3O3.2ClH/c23-19(24)15-25-18-3-1-17(2-4-18)22-13-11-21(12-14-22)10-7-16-5-8-20-9-6-16;;/h16-18,20H,1-15H2,(H,23,24);2*1H. The first-order valence-corrected chi connectivity index (χ1v) is 10.2. The maximum absolute atomic E-state index is 10.6. The molecule has 0 unspecified atom stereocenters. The van der Waals surface area contributed by atoms with E-state index in [1.165, 1.54) is 65.1 Å². The molecule has 27 heavy (non-hydrogen) atoms. The molecule has 6 nitrogen and oxygen atoms in total. The zero-order valence-electron chi connectivity index (χ0n) is 16.3. The minimum absolute atomic E-state index is 0. The van der Waals surface area contributed by atoms with Gasteiger partial charge in [-0.05, 0) is 70.5 Å². The Labute approximate surface area is 176 Å². The molecule has 3 rings (SSSR count). The lowest BCUT2D eigenvalue weighted by atomic mass is 9.91. The second-order valence-electron chi connectivity index (χ2n) is 7.99. The molecule has 3 fully saturated rings. The average molecular weight is 426 g/mol. The summed E-state index contributed by atoms with van der Waals surface area (Å²) in [7, 11) is 0. The van der Waals surface area contributed by atoms with Crippen molar-refractivity contribution in [1.82, 2.24) is 15.1 Å². The van der Waals surface area contributed by atoms with E-state index in [0.717, 1.165) is 31.6 Å². The SMILES string of the molecule is Cl.Cl.O=C(O)COC1CCC(N2CCN(CCC3CCNCC3)CC2)CC1. The van der Waals surface area contributed by atoms with Crippen LogP contribution in [0.2, 0.25) is 0 Å². The van der Waals surface area contributed by atoms with E-state index in [0.29, 0.717) is 6.04 Å². The van der Waals surface area contributed by atoms with Crippen molar-refractivity contribution in [3.63, 3.8) is 0 Å². The number of carboxylic acid groups (broad SMARTS) is 1. The molecule has 0 aromatic heterocycles. The molecule has 0 aromatic carbocycles. The number of carbonyl (C=O) groups is 1. The third kappa shape index (κ3) is 8.42. The molecule has 8 heteroatoms. The second kappa shape index (κ2) is 13.2. The van der Waals surface area contributed by atoms with Gasteiger partial charge in [-0.1, -0.05) is 0 Å². The van der Waals surface area contributed by atoms with E-state index in [2.05, 4.69) is 15.1 Å². The maximum atomic E-state index is 10.6. The summed E-state index contributed by atoms with van der Waals surface area (Å²) in [6.07, 6.45) is 8.55. The van der Waals surface area contributed by atoms with Crippen LogP contribution < -0.4 is 5.32 Å². The third-order valence-electron chi connectivity index (χ3n) is 6.32. The number of carboxylic acids is 1. The summed E-state index contributed by atoms with van der Waals surface area (Å²) in [5.74, 6) is 0.0723. The van der Waals surface area contributed by atoms with E-state index < -0.39 is 5.97 Å². The average Bonchev–Trinajstić information content (AvgIpc) is 2.66. The fourth-order valence-electron chi connectivity index (χ4n) is 4.65. The number of aliphatic carboxylic acids is 1. The predicted octanol–water partition coefficient (Wildman–Crippen LogP) is 2.25. The van der Waals surface area contributed by atoms with Gasteiger partial charge in [-0.15, -0.1) is 24.8 Å². The van der Waals surface area contributed by atoms with Crippen molar-refractivity contribution in [3.8, 4) is 0 Å². The largest absolute Gasteiger partial charge is 0.480 e. The van der Waals surface area contributed by atoms with Gasteiger partial charge in [-0.3, -0.25) is 4.90 Å². The Morgan fingerprint density at radius 2 is 1.59 bits per heavy atom. The van der Waals surface area contributed by atoms with E-state index in [9.17, 15) is 4.79 Å². The highest BCUT2D eigenvalue weighted by Crippen LogP contribution is 2.26. The van der Waals surface area contributed by atoms with Gasteiger partial charge in [0.05, 0.1) is 6.10 Å². The normalized spacial score (nSPS) is 28.1. The van der Waals surface area contributed by atoms with Crippen LogP contribution >= 0.6 is 24.8 Å². The van der Waals surface area contributed by atoms with E-state index in [-0.39, 0.29) is 37.5 Å². The minimum Gasteiger partial charge on any atom is -0.480 e. The Kier molecular flexibility index (Phi) is 12.2. The Morgan fingerprint density at radius 1 is 0.963 bits per heavy atom. The van der Waals surface area contributed by atoms with Gasteiger partial charge in [0, 0.05) is 32.2 Å². The number of hydrogen-bond acceptors (Lipinski definition) is 5. The van der Waals surface area contributed by atoms with Gasteiger partial charge in [0.2, 0.25) is 0 Å². The van der Waals surface area contributed by atoms with Crippen molar-refractivity contribution in [2.24, 2.45) is 5.92 Å². The quantitative estimate of drug-likeness (QED) is 0.651. The molecule has 0 spiro atoms. The van der Waals surface area contributed by atoms with E-state index in [4.69, 9.17) is 9.84 Å². The number of piperazine rings is 1. The summed E-state index contributed by atoms with van der Waals surface area (Å²) in [5, 5.41) is 12.2. The van der Waals surface area contributed by atoms with Crippen molar-refractivity contribution in [2.75, 3.05) is 52.4 Å². The second-order valence-corrected chi connectivity index (χ2v) is 7.99. The molecule has 2 N–H and O–H groups in total. The topological polar surface area (TPSA) is 65.0 Å². The van der Waals surface area contributed by atoms with Gasteiger partial charge < -0.3 is 20.1 Å². The lowest BCUT2D eigenvalue weighted by Crippen LogP contribution is -2.51. The monoisotopic (exact) mass is 425 g/mol. The number of ether oxygens (including phenoxy) is 1. The molecule has 1 aliphatic carbocycles. The highest BCUT2D eigenvalue weighted by Gasteiger charge is 2.29. The molecule has 0 atom stereocenters. The molecule has 0 radical (unpaired) electrons. The van der Waals surface area contributed by atoms with E-state index >= 15 is 0 Å². The Balaban J connectivity index is 0.00000182. The molecular weight excluding hydrogens is 389 g/mol. The van der Waals surface area contributed by atoms with Crippen LogP contribution in [0, 0.1) is 5.92 Å². The number of piperidine rings is 1. The zero-order chi connectivity index (χ0) is 17.5. The molecule has 0 bridgehead atoms. The van der Waals surface area contributed by atoms with Crippen LogP contribution in [-0.2, 0) is 9.53 Å². The molecule has 1 saturated carbocycles. The van der Waals surface area contributed by atoms with Crippen LogP contribution in [0.3, 0.4) is 0 Å². The van der Waals surface area contributed by atoms with Crippen LogP contribution in [0.15, 0.2) is 0 Å². The predicted molar refractivity (Wildman–Crippen MR) is 112 cm³/mol. The van der Waals surface area contributed by atoms with Crippen molar-refractivity contribution in [1.29, 1.82) is 0 Å². The van der Waals surface area contributed by atoms with Crippen molar-refractivity contribution in [3.05, 3.63) is 0 Å². The Bertz CT molecular complexity index is 409. The fourth-order valence-corrected chi connectivity index (χ4v) is 4.65. The number of rotatable bonds is 7. The van der Waals surface area contributed by atoms with Gasteiger partial charge in [0.25, 0.3) is 0 Å². The number of hydrogen-bond donors (Lipinski definition) is 2. The molecule has 0 aromatic rings. The van der Waals surface area contributed by atoms with Crippen LogP contribution in [0.25, 0.3) is 0 Å². The number of nitrogens with one attached hydrogen (secondary N) is 1. The first-order chi connectivity index (χ1) is 12.2. The lowest BCUT2D eigenvalue weighted by molar-refractivity contribution is -0.145. The number of halogens is 2. The van der Waals surface area contributed by atoms with Crippen molar-refractivity contribution >= 4 is 30.8 Å². The summed E-state index contributed by atoms with van der Waals surface area (Å²) in [5.41, 5.74) is 0. The summed E-state index contributed by atoms with van der Waals surface area (Å²) in [6.45, 7) is 8.34. The molecule has 2 aliphatic heterocycles. The van der Waals surface area contributed by atoms with Gasteiger partial charge in [-0.2, -0.15) is 0 Å². The smallest absolute Gasteiger partial charge is 0.329 e. The minimum atomic E-state index is -0.859. The van der Waals surface area contributed by atoms with Gasteiger partial charge >= 0.3 is 5.97 Å². The van der Waals surface area contributed by atoms with Gasteiger partial charge in [-0.25, -0.2) is 4.79 Å². The zero-order valence-corrected chi connectivity index (χ0v) is 17.9. The first kappa shape index (κ1) is 24.9. The molecule has 160 valence electrons. The summed E-state index contributed by atoms with van der Waals surface area (Å²) in [6, 6.07) is 0.677. The highest BCUT2D eigenvalue weighted by molar-refractivity contribution is 5.85. The Morgan fingerprint density at radius 3 is 2.19 bits per heavy atom. The maximum Gasteiger partial charge on any atom is 0.329 e. The van der Waals surface area contributed by atoms with Crippen LogP contribution in [0.1, 0.15) is 44.9 Å². The molecule has 3 aliphatic rings. The summed E-state index contributed by atoms with van der Waals surface area (Å²) in [4.78, 5) is 15.9. The summed E-state index contributed by atoms with van der Waals surface area (Å²) < 4.78 is 5.46. The fraction of sp³-hybridized carbons (Fsp3) is 0.947. The van der Waals surface area contributed by atoms with Gasteiger partial charge in [0.15, 0.2) is 0 Å². The lowest BCUT2D eigenvalue weighted by Gasteiger charge is -2.42. The van der Waals surface area contributed by atoms with Crippen molar-refractivity contribution in [2.45, 2.75) is 57.1 Å². The molecule has 2 heterocycles. The number of nitrogens with zero attached hydrogens (tertiary/aromatic N) is 2. The summed E-state index contributed by atoms with van der Waals surface area (Å²) >= 11 is 0. The highest BCUT2D eigenvalue weighted by atomic mass is 35.5. The molecule has 2 saturated heterocycles. The van der Waals surface area contributed by atoms with Crippen LogP contribution in [-0.4, -0.2) is 85.4 Å². The Hall–Kier alpha value is -0.110. The van der Waals surface area contributed by atoms with Crippen LogP contribution in [0.5, 0.6) is 0 Å². The van der Waals surface area contributed by atoms with Crippen molar-refractivity contribution < 1.29 is 14.6 Å². The first-order valence-electron chi connectivity index (χ1n) is 10.2. The molecular formula is C19H37Cl2N3O3. The molecule has 0 amide bonds. The van der Waals surface area contributed by atoms with Crippen LogP contribution in [0.4, 0.5) is 0 Å². The van der Waals surface area contributed by atoms with Gasteiger partial charge in [0.1, 0.15) is 6.61 Å². The van der Waals surface area contributed by atoms with E-state index in [1.54, 1.807) is 0 Å².